The molecular weight excluding hydrogens is 260 g/mol. The Kier molecular flexibility index (Phi) is 6.90. The largest absolute Gasteiger partial charge is 0.359 e. The Balaban J connectivity index is 2.55. The molecule has 1 aromatic rings. The predicted octanol–water partition coefficient (Wildman–Crippen LogP) is 3.45. The van der Waals surface area contributed by atoms with Gasteiger partial charge in [-0.05, 0) is 44.7 Å². The van der Waals surface area contributed by atoms with E-state index in [1.54, 1.807) is 7.05 Å². The zero-order valence-electron chi connectivity index (χ0n) is 14.1. The fraction of sp³-hybridized carbons (Fsp3) is 0.611. The Morgan fingerprint density at radius 2 is 1.86 bits per heavy atom. The fourth-order valence-corrected chi connectivity index (χ4v) is 2.30. The second kappa shape index (κ2) is 8.18. The quantitative estimate of drug-likeness (QED) is 0.770. The number of rotatable bonds is 8. The Bertz CT molecular complexity index is 437. The molecule has 1 atom stereocenters. The first-order chi connectivity index (χ1) is 9.90. The van der Waals surface area contributed by atoms with Crippen molar-refractivity contribution in [3.63, 3.8) is 0 Å². The highest BCUT2D eigenvalue weighted by Gasteiger charge is 2.26. The highest BCUT2D eigenvalue weighted by molar-refractivity contribution is 5.81. The van der Waals surface area contributed by atoms with Crippen molar-refractivity contribution in [1.29, 1.82) is 0 Å². The Morgan fingerprint density at radius 1 is 1.24 bits per heavy atom. The zero-order valence-corrected chi connectivity index (χ0v) is 14.1. The van der Waals surface area contributed by atoms with Crippen molar-refractivity contribution in [1.82, 2.24) is 10.6 Å². The highest BCUT2D eigenvalue weighted by Crippen LogP contribution is 2.18. The number of nitrogens with one attached hydrogen (secondary N) is 2. The summed E-state index contributed by atoms with van der Waals surface area (Å²) in [6.45, 7) is 8.93. The molecule has 0 spiro atoms. The van der Waals surface area contributed by atoms with Crippen LogP contribution < -0.4 is 10.6 Å². The summed E-state index contributed by atoms with van der Waals surface area (Å²) in [7, 11) is 1.68. The van der Waals surface area contributed by atoms with Gasteiger partial charge in [-0.3, -0.25) is 4.79 Å². The molecule has 0 bridgehead atoms. The van der Waals surface area contributed by atoms with Crippen LogP contribution in [0.1, 0.15) is 57.7 Å². The third kappa shape index (κ3) is 5.50. The van der Waals surface area contributed by atoms with Crippen molar-refractivity contribution in [2.75, 3.05) is 13.6 Å². The third-order valence-corrected chi connectivity index (χ3v) is 3.99. The van der Waals surface area contributed by atoms with Crippen molar-refractivity contribution in [3.05, 3.63) is 35.4 Å². The van der Waals surface area contributed by atoms with Gasteiger partial charge >= 0.3 is 0 Å². The lowest BCUT2D eigenvalue weighted by Gasteiger charge is -2.25. The van der Waals surface area contributed by atoms with Gasteiger partial charge in [0.15, 0.2) is 0 Å². The summed E-state index contributed by atoms with van der Waals surface area (Å²) in [6, 6.07) is 9.06. The summed E-state index contributed by atoms with van der Waals surface area (Å²) in [5.41, 5.74) is 2.27. The van der Waals surface area contributed by atoms with E-state index in [1.807, 2.05) is 13.8 Å². The lowest BCUT2D eigenvalue weighted by molar-refractivity contribution is -0.128. The molecule has 0 heterocycles. The molecular formula is C18H30N2O. The van der Waals surface area contributed by atoms with Crippen LogP contribution in [0.25, 0.3) is 0 Å². The van der Waals surface area contributed by atoms with E-state index >= 15 is 0 Å². The molecule has 0 fully saturated rings. The Morgan fingerprint density at radius 3 is 2.38 bits per heavy atom. The summed E-state index contributed by atoms with van der Waals surface area (Å²) in [6.07, 6.45) is 3.63. The number of carbonyl (C=O) groups is 1. The zero-order chi connectivity index (χ0) is 15.9. The van der Waals surface area contributed by atoms with Gasteiger partial charge in [-0.1, -0.05) is 37.6 Å². The van der Waals surface area contributed by atoms with Gasteiger partial charge in [0, 0.05) is 19.6 Å². The minimum Gasteiger partial charge on any atom is -0.359 e. The molecule has 0 aliphatic heterocycles. The molecule has 1 rings (SSSR count). The average molecular weight is 290 g/mol. The number of unbranched alkanes of at least 4 members (excludes halogenated alkanes) is 1. The van der Waals surface area contributed by atoms with Crippen LogP contribution in [-0.2, 0) is 11.2 Å². The lowest BCUT2D eigenvalue weighted by Crippen LogP contribution is -2.42. The Hall–Kier alpha value is -1.35. The second-order valence-corrected chi connectivity index (χ2v) is 6.41. The molecule has 1 aromatic carbocycles. The van der Waals surface area contributed by atoms with Crippen molar-refractivity contribution in [2.45, 2.75) is 53.0 Å². The summed E-state index contributed by atoms with van der Waals surface area (Å²) >= 11 is 0. The van der Waals surface area contributed by atoms with Crippen LogP contribution in [-0.4, -0.2) is 19.5 Å². The third-order valence-electron chi connectivity index (χ3n) is 3.99. The molecule has 1 unspecified atom stereocenters. The van der Waals surface area contributed by atoms with E-state index < -0.39 is 5.41 Å². The molecule has 0 aliphatic carbocycles. The number of benzene rings is 1. The molecule has 0 saturated heterocycles. The maximum atomic E-state index is 11.8. The molecule has 3 heteroatoms. The van der Waals surface area contributed by atoms with Crippen LogP contribution in [0.4, 0.5) is 0 Å². The number of hydrogen-bond acceptors (Lipinski definition) is 2. The first-order valence-electron chi connectivity index (χ1n) is 7.95. The summed E-state index contributed by atoms with van der Waals surface area (Å²) < 4.78 is 0. The van der Waals surface area contributed by atoms with E-state index in [0.29, 0.717) is 6.54 Å². The number of amides is 1. The van der Waals surface area contributed by atoms with Crippen LogP contribution in [0, 0.1) is 5.41 Å². The normalized spacial score (nSPS) is 13.0. The van der Waals surface area contributed by atoms with Gasteiger partial charge in [-0.2, -0.15) is 0 Å². The van der Waals surface area contributed by atoms with Gasteiger partial charge < -0.3 is 10.6 Å². The molecule has 0 aliphatic rings. The van der Waals surface area contributed by atoms with E-state index in [9.17, 15) is 4.79 Å². The predicted molar refractivity (Wildman–Crippen MR) is 89.3 cm³/mol. The topological polar surface area (TPSA) is 41.1 Å². The number of carbonyl (C=O) groups excluding carboxylic acids is 1. The van der Waals surface area contributed by atoms with Crippen molar-refractivity contribution >= 4 is 5.91 Å². The van der Waals surface area contributed by atoms with E-state index in [1.165, 1.54) is 24.0 Å². The van der Waals surface area contributed by atoms with Crippen LogP contribution >= 0.6 is 0 Å². The SMILES string of the molecule is CCCCc1ccc(C(C)NCC(C)(C)C(=O)NC)cc1. The highest BCUT2D eigenvalue weighted by atomic mass is 16.2. The van der Waals surface area contributed by atoms with Gasteiger partial charge in [0.2, 0.25) is 5.91 Å². The molecule has 2 N–H and O–H groups in total. The molecule has 0 radical (unpaired) electrons. The maximum absolute atomic E-state index is 11.8. The molecule has 118 valence electrons. The fourth-order valence-electron chi connectivity index (χ4n) is 2.30. The Labute approximate surface area is 129 Å². The number of aryl methyl sites for hydroxylation is 1. The van der Waals surface area contributed by atoms with E-state index in [-0.39, 0.29) is 11.9 Å². The van der Waals surface area contributed by atoms with Crippen molar-refractivity contribution in [3.8, 4) is 0 Å². The van der Waals surface area contributed by atoms with Crippen LogP contribution in [0.15, 0.2) is 24.3 Å². The number of hydrogen-bond donors (Lipinski definition) is 2. The second-order valence-electron chi connectivity index (χ2n) is 6.41. The monoisotopic (exact) mass is 290 g/mol. The molecule has 0 aromatic heterocycles. The van der Waals surface area contributed by atoms with E-state index in [2.05, 4.69) is 48.7 Å². The van der Waals surface area contributed by atoms with Crippen LogP contribution in [0.5, 0.6) is 0 Å². The molecule has 21 heavy (non-hydrogen) atoms. The first kappa shape index (κ1) is 17.7. The average Bonchev–Trinajstić information content (AvgIpc) is 2.50. The van der Waals surface area contributed by atoms with Crippen molar-refractivity contribution in [2.24, 2.45) is 5.41 Å². The van der Waals surface area contributed by atoms with Gasteiger partial charge in [-0.25, -0.2) is 0 Å². The van der Waals surface area contributed by atoms with Gasteiger partial charge in [0.1, 0.15) is 0 Å². The van der Waals surface area contributed by atoms with Crippen LogP contribution in [0.3, 0.4) is 0 Å². The minimum atomic E-state index is -0.399. The van der Waals surface area contributed by atoms with Crippen molar-refractivity contribution < 1.29 is 4.79 Å². The summed E-state index contributed by atoms with van der Waals surface area (Å²) in [4.78, 5) is 11.8. The minimum absolute atomic E-state index is 0.0668. The molecule has 0 saturated carbocycles. The smallest absolute Gasteiger partial charge is 0.226 e. The van der Waals surface area contributed by atoms with E-state index in [0.717, 1.165) is 6.42 Å². The first-order valence-corrected chi connectivity index (χ1v) is 7.95. The van der Waals surface area contributed by atoms with Crippen LogP contribution in [0.2, 0.25) is 0 Å². The summed E-state index contributed by atoms with van der Waals surface area (Å²) in [5, 5.41) is 6.17. The molecule has 3 nitrogen and oxygen atoms in total. The van der Waals surface area contributed by atoms with Gasteiger partial charge in [0.05, 0.1) is 5.41 Å². The van der Waals surface area contributed by atoms with Gasteiger partial charge in [-0.15, -0.1) is 0 Å². The van der Waals surface area contributed by atoms with E-state index in [4.69, 9.17) is 0 Å². The molecule has 1 amide bonds. The summed E-state index contributed by atoms with van der Waals surface area (Å²) in [5.74, 6) is 0.0668. The lowest BCUT2D eigenvalue weighted by atomic mass is 9.91. The standard InChI is InChI=1S/C18H30N2O/c1-6-7-8-15-9-11-16(12-10-15)14(2)20-13-18(3,4)17(21)19-5/h9-12,14,20H,6-8,13H2,1-5H3,(H,19,21). The maximum Gasteiger partial charge on any atom is 0.226 e. The van der Waals surface area contributed by atoms with Gasteiger partial charge in [0.25, 0.3) is 0 Å².